The predicted octanol–water partition coefficient (Wildman–Crippen LogP) is 2.79. The number of amides is 1. The largest absolute Gasteiger partial charge is 0.497 e. The number of carbonyl (C=O) groups is 1. The number of carbonyl (C=O) groups excluding carboxylic acids is 1. The van der Waals surface area contributed by atoms with E-state index in [-0.39, 0.29) is 11.2 Å². The van der Waals surface area contributed by atoms with Gasteiger partial charge in [0.25, 0.3) is 0 Å². The number of benzene rings is 2. The molecule has 0 aliphatic heterocycles. The Balaban J connectivity index is 1.70. The molecule has 0 saturated heterocycles. The number of nitrogen functional groups attached to an aromatic ring is 1. The van der Waals surface area contributed by atoms with E-state index < -0.39 is 0 Å². The van der Waals surface area contributed by atoms with Gasteiger partial charge in [-0.05, 0) is 43.3 Å². The smallest absolute Gasteiger partial charge is 0.237 e. The Kier molecular flexibility index (Phi) is 5.43. The Labute approximate surface area is 155 Å². The lowest BCUT2D eigenvalue weighted by molar-refractivity contribution is -0.115. The summed E-state index contributed by atoms with van der Waals surface area (Å²) >= 11 is 1.25. The monoisotopic (exact) mass is 369 g/mol. The highest BCUT2D eigenvalue weighted by atomic mass is 32.2. The maximum Gasteiger partial charge on any atom is 0.237 e. The lowest BCUT2D eigenvalue weighted by atomic mass is 10.2. The molecule has 2 aromatic carbocycles. The minimum absolute atomic E-state index is 0.129. The average Bonchev–Trinajstić information content (AvgIpc) is 3.03. The van der Waals surface area contributed by atoms with Gasteiger partial charge in [0.15, 0.2) is 5.82 Å². The van der Waals surface area contributed by atoms with Crippen LogP contribution in [-0.4, -0.2) is 33.1 Å². The van der Waals surface area contributed by atoms with Gasteiger partial charge in [0.05, 0.1) is 12.4 Å². The molecule has 3 aromatic rings. The van der Waals surface area contributed by atoms with Crippen LogP contribution in [0.4, 0.5) is 5.69 Å². The van der Waals surface area contributed by atoms with Gasteiger partial charge in [-0.3, -0.25) is 4.79 Å². The standard InChI is InChI=1S/C18H19N5O2S/c1-12(17(24)20-14-6-4-3-5-7-14)26-18-22-21-16(23(18)19)13-8-10-15(25-2)11-9-13/h3-12H,19H2,1-2H3,(H,20,24). The van der Waals surface area contributed by atoms with E-state index >= 15 is 0 Å². The number of nitrogens with one attached hydrogen (secondary N) is 1. The van der Waals surface area contributed by atoms with Crippen molar-refractivity contribution in [3.63, 3.8) is 0 Å². The molecule has 0 radical (unpaired) electrons. The van der Waals surface area contributed by atoms with E-state index in [1.807, 2.05) is 54.6 Å². The molecule has 0 aliphatic rings. The lowest BCUT2D eigenvalue weighted by Crippen LogP contribution is -2.23. The Morgan fingerprint density at radius 1 is 1.15 bits per heavy atom. The van der Waals surface area contributed by atoms with Crippen molar-refractivity contribution in [2.24, 2.45) is 0 Å². The van der Waals surface area contributed by atoms with Crippen LogP contribution in [0.15, 0.2) is 59.8 Å². The zero-order valence-electron chi connectivity index (χ0n) is 14.4. The van der Waals surface area contributed by atoms with Crippen LogP contribution in [0.5, 0.6) is 5.75 Å². The number of aromatic nitrogens is 3. The van der Waals surface area contributed by atoms with Crippen LogP contribution in [0.25, 0.3) is 11.4 Å². The van der Waals surface area contributed by atoms with E-state index in [1.54, 1.807) is 14.0 Å². The average molecular weight is 369 g/mol. The van der Waals surface area contributed by atoms with Gasteiger partial charge in [-0.1, -0.05) is 30.0 Å². The minimum Gasteiger partial charge on any atom is -0.497 e. The zero-order chi connectivity index (χ0) is 18.5. The molecule has 1 heterocycles. The number of hydrogen-bond donors (Lipinski definition) is 2. The summed E-state index contributed by atoms with van der Waals surface area (Å²) in [4.78, 5) is 12.3. The fraction of sp³-hybridized carbons (Fsp3) is 0.167. The van der Waals surface area contributed by atoms with Crippen LogP contribution in [0.1, 0.15) is 6.92 Å². The molecule has 134 valence electrons. The second-order valence-electron chi connectivity index (χ2n) is 5.52. The van der Waals surface area contributed by atoms with Crippen LogP contribution >= 0.6 is 11.8 Å². The first-order valence-electron chi connectivity index (χ1n) is 7.96. The molecule has 1 atom stereocenters. The van der Waals surface area contributed by atoms with Crippen molar-refractivity contribution in [2.45, 2.75) is 17.3 Å². The van der Waals surface area contributed by atoms with E-state index in [0.29, 0.717) is 11.0 Å². The number of nitrogens with two attached hydrogens (primary N) is 1. The summed E-state index contributed by atoms with van der Waals surface area (Å²) in [6, 6.07) is 16.7. The third-order valence-corrected chi connectivity index (χ3v) is 4.76. The summed E-state index contributed by atoms with van der Waals surface area (Å²) in [5.74, 6) is 7.25. The Hall–Kier alpha value is -3.00. The molecule has 0 spiro atoms. The Morgan fingerprint density at radius 3 is 2.50 bits per heavy atom. The highest BCUT2D eigenvalue weighted by Crippen LogP contribution is 2.26. The number of rotatable bonds is 6. The van der Waals surface area contributed by atoms with Crippen molar-refractivity contribution in [1.29, 1.82) is 0 Å². The molecule has 0 aliphatic carbocycles. The topological polar surface area (TPSA) is 95.1 Å². The quantitative estimate of drug-likeness (QED) is 0.512. The summed E-state index contributed by atoms with van der Waals surface area (Å²) in [5, 5.41) is 11.2. The first kappa shape index (κ1) is 17.8. The molecule has 1 aromatic heterocycles. The normalized spacial score (nSPS) is 11.8. The van der Waals surface area contributed by atoms with Crippen molar-refractivity contribution in [3.8, 4) is 17.1 Å². The summed E-state index contributed by atoms with van der Waals surface area (Å²) in [6.45, 7) is 1.80. The molecule has 26 heavy (non-hydrogen) atoms. The van der Waals surface area contributed by atoms with Gasteiger partial charge in [0.2, 0.25) is 11.1 Å². The van der Waals surface area contributed by atoms with Crippen molar-refractivity contribution < 1.29 is 9.53 Å². The number of methoxy groups -OCH3 is 1. The van der Waals surface area contributed by atoms with Gasteiger partial charge < -0.3 is 15.9 Å². The van der Waals surface area contributed by atoms with Crippen molar-refractivity contribution in [2.75, 3.05) is 18.3 Å². The first-order valence-corrected chi connectivity index (χ1v) is 8.84. The van der Waals surface area contributed by atoms with Crippen molar-refractivity contribution in [1.82, 2.24) is 14.9 Å². The van der Waals surface area contributed by atoms with Crippen LogP contribution in [-0.2, 0) is 4.79 Å². The van der Waals surface area contributed by atoms with Crippen LogP contribution < -0.4 is 15.9 Å². The van der Waals surface area contributed by atoms with E-state index in [2.05, 4.69) is 15.5 Å². The van der Waals surface area contributed by atoms with Crippen LogP contribution in [0.3, 0.4) is 0 Å². The van der Waals surface area contributed by atoms with Gasteiger partial charge in [-0.15, -0.1) is 10.2 Å². The molecule has 1 amide bonds. The SMILES string of the molecule is COc1ccc(-c2nnc(SC(C)C(=O)Nc3ccccc3)n2N)cc1. The van der Waals surface area contributed by atoms with E-state index in [4.69, 9.17) is 10.6 Å². The molecule has 1 unspecified atom stereocenters. The number of para-hydroxylation sites is 1. The molecule has 8 heteroatoms. The minimum atomic E-state index is -0.384. The second kappa shape index (κ2) is 7.92. The maximum absolute atomic E-state index is 12.3. The number of hydrogen-bond acceptors (Lipinski definition) is 6. The third-order valence-electron chi connectivity index (χ3n) is 3.71. The Morgan fingerprint density at radius 2 is 1.85 bits per heavy atom. The number of ether oxygens (including phenoxy) is 1. The highest BCUT2D eigenvalue weighted by molar-refractivity contribution is 8.00. The predicted molar refractivity (Wildman–Crippen MR) is 103 cm³/mol. The highest BCUT2D eigenvalue weighted by Gasteiger charge is 2.20. The van der Waals surface area contributed by atoms with E-state index in [1.165, 1.54) is 16.4 Å². The third kappa shape index (κ3) is 3.97. The molecular formula is C18H19N5O2S. The van der Waals surface area contributed by atoms with E-state index in [0.717, 1.165) is 17.0 Å². The maximum atomic E-state index is 12.3. The molecule has 3 N–H and O–H groups in total. The summed E-state index contributed by atoms with van der Waals surface area (Å²) in [5.41, 5.74) is 1.56. The summed E-state index contributed by atoms with van der Waals surface area (Å²) in [7, 11) is 1.61. The van der Waals surface area contributed by atoms with Crippen molar-refractivity contribution in [3.05, 3.63) is 54.6 Å². The number of anilines is 1. The van der Waals surface area contributed by atoms with Gasteiger partial charge >= 0.3 is 0 Å². The Bertz CT molecular complexity index is 880. The first-order chi connectivity index (χ1) is 12.6. The molecular weight excluding hydrogens is 350 g/mol. The summed E-state index contributed by atoms with van der Waals surface area (Å²) < 4.78 is 6.53. The van der Waals surface area contributed by atoms with Crippen molar-refractivity contribution >= 4 is 23.4 Å². The lowest BCUT2D eigenvalue weighted by Gasteiger charge is -2.11. The zero-order valence-corrected chi connectivity index (χ0v) is 15.2. The summed E-state index contributed by atoms with van der Waals surface area (Å²) in [6.07, 6.45) is 0. The van der Waals surface area contributed by atoms with Gasteiger partial charge in [0.1, 0.15) is 5.75 Å². The molecule has 0 fully saturated rings. The number of thioether (sulfide) groups is 1. The number of nitrogens with zero attached hydrogens (tertiary/aromatic N) is 3. The second-order valence-corrected chi connectivity index (χ2v) is 6.83. The van der Waals surface area contributed by atoms with E-state index in [9.17, 15) is 4.79 Å². The van der Waals surface area contributed by atoms with Crippen LogP contribution in [0.2, 0.25) is 0 Å². The fourth-order valence-corrected chi connectivity index (χ4v) is 3.04. The van der Waals surface area contributed by atoms with Crippen LogP contribution in [0, 0.1) is 0 Å². The van der Waals surface area contributed by atoms with Gasteiger partial charge in [-0.2, -0.15) is 0 Å². The van der Waals surface area contributed by atoms with Gasteiger partial charge in [-0.25, -0.2) is 4.68 Å². The fourth-order valence-electron chi connectivity index (χ4n) is 2.27. The molecule has 7 nitrogen and oxygen atoms in total. The molecule has 0 bridgehead atoms. The molecule has 3 rings (SSSR count). The van der Waals surface area contributed by atoms with Gasteiger partial charge in [0, 0.05) is 11.3 Å². The molecule has 0 saturated carbocycles.